The molecule has 74 valence electrons. The second kappa shape index (κ2) is 3.16. The zero-order valence-corrected chi connectivity index (χ0v) is 7.92. The van der Waals surface area contributed by atoms with Crippen LogP contribution >= 0.6 is 0 Å². The topological polar surface area (TPSA) is 43.0 Å². The number of hydrogen-bond donors (Lipinski definition) is 1. The lowest BCUT2D eigenvalue weighted by Crippen LogP contribution is -2.07. The first-order valence-corrected chi connectivity index (χ1v) is 4.66. The van der Waals surface area contributed by atoms with Crippen LogP contribution in [0.5, 0.6) is 0 Å². The number of nitrogens with zero attached hydrogens (tertiary/aromatic N) is 2. The molecule has 0 atom stereocenters. The van der Waals surface area contributed by atoms with Crippen LogP contribution in [0.2, 0.25) is 0 Å². The lowest BCUT2D eigenvalue weighted by atomic mass is 10.3. The Bertz CT molecular complexity index is 568. The minimum Gasteiger partial charge on any atom is -0.464 e. The number of fused-ring (bicyclic) bond motifs is 1. The van der Waals surface area contributed by atoms with Crippen molar-refractivity contribution in [3.05, 3.63) is 49.1 Å². The first kappa shape index (κ1) is 8.11. The van der Waals surface area contributed by atoms with Crippen molar-refractivity contribution in [1.82, 2.24) is 9.66 Å². The number of pyridine rings is 1. The van der Waals surface area contributed by atoms with E-state index in [4.69, 9.17) is 4.42 Å². The number of aromatic nitrogens is 2. The molecule has 0 radical (unpaired) electrons. The Morgan fingerprint density at radius 1 is 1.20 bits per heavy atom. The summed E-state index contributed by atoms with van der Waals surface area (Å²) in [5.41, 5.74) is 3.99. The van der Waals surface area contributed by atoms with Gasteiger partial charge in [-0.05, 0) is 24.3 Å². The fourth-order valence-corrected chi connectivity index (χ4v) is 1.52. The van der Waals surface area contributed by atoms with Gasteiger partial charge in [0.1, 0.15) is 5.58 Å². The van der Waals surface area contributed by atoms with Gasteiger partial charge in [-0.1, -0.05) is 0 Å². The summed E-state index contributed by atoms with van der Waals surface area (Å²) in [6, 6.07) is 7.63. The van der Waals surface area contributed by atoms with Crippen LogP contribution in [0.1, 0.15) is 0 Å². The number of furan rings is 1. The largest absolute Gasteiger partial charge is 0.464 e. The number of rotatable bonds is 2. The van der Waals surface area contributed by atoms with Gasteiger partial charge in [-0.25, -0.2) is 4.98 Å². The quantitative estimate of drug-likeness (QED) is 0.689. The van der Waals surface area contributed by atoms with Gasteiger partial charge in [0.25, 0.3) is 0 Å². The number of hydrogen-bond acceptors (Lipinski definition) is 3. The van der Waals surface area contributed by atoms with Crippen molar-refractivity contribution >= 4 is 16.8 Å². The molecule has 0 saturated heterocycles. The molecule has 4 nitrogen and oxygen atoms in total. The van der Waals surface area contributed by atoms with Crippen molar-refractivity contribution in [3.63, 3.8) is 0 Å². The fourth-order valence-electron chi connectivity index (χ4n) is 1.52. The normalized spacial score (nSPS) is 10.7. The van der Waals surface area contributed by atoms with Crippen LogP contribution in [0.3, 0.4) is 0 Å². The smallest absolute Gasteiger partial charge is 0.156 e. The van der Waals surface area contributed by atoms with Gasteiger partial charge < -0.3 is 4.42 Å². The lowest BCUT2D eigenvalue weighted by Gasteiger charge is -2.06. The summed E-state index contributed by atoms with van der Waals surface area (Å²) in [7, 11) is 0. The average Bonchev–Trinajstić information content (AvgIpc) is 2.87. The molecule has 3 aromatic rings. The highest BCUT2D eigenvalue weighted by atomic mass is 16.3. The van der Waals surface area contributed by atoms with E-state index in [-0.39, 0.29) is 0 Å². The maximum Gasteiger partial charge on any atom is 0.156 e. The van der Waals surface area contributed by atoms with E-state index in [9.17, 15) is 0 Å². The van der Waals surface area contributed by atoms with Crippen LogP contribution in [0.25, 0.3) is 11.0 Å². The van der Waals surface area contributed by atoms with Gasteiger partial charge in [-0.2, -0.15) is 0 Å². The molecule has 1 N–H and O–H groups in total. The van der Waals surface area contributed by atoms with E-state index in [1.165, 1.54) is 0 Å². The second-order valence-electron chi connectivity index (χ2n) is 3.19. The van der Waals surface area contributed by atoms with Crippen molar-refractivity contribution < 1.29 is 4.42 Å². The summed E-state index contributed by atoms with van der Waals surface area (Å²) < 4.78 is 7.13. The van der Waals surface area contributed by atoms with Crippen molar-refractivity contribution in [2.24, 2.45) is 0 Å². The molecule has 0 unspecified atom stereocenters. The molecule has 3 rings (SSSR count). The molecular weight excluding hydrogens is 190 g/mol. The summed E-state index contributed by atoms with van der Waals surface area (Å²) in [5, 5.41) is 0.978. The Morgan fingerprint density at radius 3 is 2.93 bits per heavy atom. The van der Waals surface area contributed by atoms with Crippen molar-refractivity contribution in [3.8, 4) is 0 Å². The summed E-state index contributed by atoms with van der Waals surface area (Å²) in [6.45, 7) is 0. The van der Waals surface area contributed by atoms with Crippen molar-refractivity contribution in [1.29, 1.82) is 0 Å². The Balaban J connectivity index is 2.07. The van der Waals surface area contributed by atoms with E-state index in [0.717, 1.165) is 16.8 Å². The van der Waals surface area contributed by atoms with Gasteiger partial charge in [-0.3, -0.25) is 10.1 Å². The Morgan fingerprint density at radius 2 is 2.07 bits per heavy atom. The van der Waals surface area contributed by atoms with Crippen LogP contribution in [0.15, 0.2) is 53.5 Å². The third-order valence-electron chi connectivity index (χ3n) is 2.22. The molecule has 0 aliphatic heterocycles. The third kappa shape index (κ3) is 1.36. The third-order valence-corrected chi connectivity index (χ3v) is 2.22. The summed E-state index contributed by atoms with van der Waals surface area (Å²) in [5.74, 6) is 0.789. The zero-order chi connectivity index (χ0) is 10.1. The van der Waals surface area contributed by atoms with E-state index in [2.05, 4.69) is 10.4 Å². The highest BCUT2D eigenvalue weighted by Crippen LogP contribution is 2.21. The van der Waals surface area contributed by atoms with Crippen LogP contribution in [0.4, 0.5) is 5.82 Å². The van der Waals surface area contributed by atoms with E-state index in [1.54, 1.807) is 12.5 Å². The molecule has 0 bridgehead atoms. The maximum atomic E-state index is 5.29. The van der Waals surface area contributed by atoms with E-state index < -0.39 is 0 Å². The predicted molar refractivity (Wildman–Crippen MR) is 57.5 cm³/mol. The van der Waals surface area contributed by atoms with E-state index >= 15 is 0 Å². The summed E-state index contributed by atoms with van der Waals surface area (Å²) >= 11 is 0. The molecule has 15 heavy (non-hydrogen) atoms. The molecule has 0 aliphatic carbocycles. The monoisotopic (exact) mass is 199 g/mol. The molecule has 0 saturated carbocycles. The highest BCUT2D eigenvalue weighted by Gasteiger charge is 2.03. The standard InChI is InChI=1S/C11H9N3O/c1-2-7-14(6-1)13-11-9-4-8-15-10(9)3-5-12-11/h1-8H,(H,12,13). The van der Waals surface area contributed by atoms with Gasteiger partial charge in [0.2, 0.25) is 0 Å². The van der Waals surface area contributed by atoms with Crippen molar-refractivity contribution in [2.45, 2.75) is 0 Å². The first-order chi connectivity index (χ1) is 7.43. The lowest BCUT2D eigenvalue weighted by molar-refractivity contribution is 0.615. The molecule has 0 spiro atoms. The maximum absolute atomic E-state index is 5.29. The van der Waals surface area contributed by atoms with Crippen LogP contribution < -0.4 is 5.43 Å². The van der Waals surface area contributed by atoms with Crippen LogP contribution in [-0.2, 0) is 0 Å². The molecule has 0 amide bonds. The van der Waals surface area contributed by atoms with Gasteiger partial charge in [0.05, 0.1) is 11.6 Å². The van der Waals surface area contributed by atoms with Crippen LogP contribution in [-0.4, -0.2) is 9.66 Å². The molecule has 3 heterocycles. The predicted octanol–water partition coefficient (Wildman–Crippen LogP) is 2.50. The minimum atomic E-state index is 0.789. The molecule has 3 aromatic heterocycles. The second-order valence-corrected chi connectivity index (χ2v) is 3.19. The van der Waals surface area contributed by atoms with Gasteiger partial charge in [0.15, 0.2) is 5.82 Å². The number of nitrogens with one attached hydrogen (secondary N) is 1. The Labute approximate surface area is 86.1 Å². The average molecular weight is 199 g/mol. The van der Waals surface area contributed by atoms with E-state index in [1.807, 2.05) is 41.3 Å². The summed E-state index contributed by atoms with van der Waals surface area (Å²) in [6.07, 6.45) is 7.21. The van der Waals surface area contributed by atoms with Gasteiger partial charge >= 0.3 is 0 Å². The van der Waals surface area contributed by atoms with Crippen molar-refractivity contribution in [2.75, 3.05) is 5.43 Å². The SMILES string of the molecule is c1ccn(Nc2nccc3occc23)c1. The molecule has 4 heteroatoms. The minimum absolute atomic E-state index is 0.789. The van der Waals surface area contributed by atoms with Gasteiger partial charge in [-0.15, -0.1) is 0 Å². The van der Waals surface area contributed by atoms with Gasteiger partial charge in [0, 0.05) is 18.6 Å². The van der Waals surface area contributed by atoms with Crippen LogP contribution in [0, 0.1) is 0 Å². The fraction of sp³-hybridized carbons (Fsp3) is 0. The Hall–Kier alpha value is -2.23. The molecule has 0 aromatic carbocycles. The van der Waals surface area contributed by atoms with E-state index in [0.29, 0.717) is 0 Å². The zero-order valence-electron chi connectivity index (χ0n) is 7.92. The highest BCUT2D eigenvalue weighted by molar-refractivity contribution is 5.87. The molecule has 0 aliphatic rings. The first-order valence-electron chi connectivity index (χ1n) is 4.66. The summed E-state index contributed by atoms with van der Waals surface area (Å²) in [4.78, 5) is 4.26. The molecular formula is C11H9N3O. The molecule has 0 fully saturated rings. The Kier molecular flexibility index (Phi) is 1.71. The number of anilines is 1.